The fourth-order valence-corrected chi connectivity index (χ4v) is 4.10. The van der Waals surface area contributed by atoms with E-state index in [0.717, 1.165) is 8.78 Å². The van der Waals surface area contributed by atoms with Crippen molar-refractivity contribution in [2.24, 2.45) is 0 Å². The van der Waals surface area contributed by atoms with Crippen LogP contribution in [-0.4, -0.2) is 31.7 Å². The molecule has 3 nitrogen and oxygen atoms in total. The van der Waals surface area contributed by atoms with Gasteiger partial charge >= 0.3 is 0 Å². The SMILES string of the molecule is Cc1cc(Br)ccc1S(=O)(=O)N1CCC(F)(F)C1. The minimum atomic E-state index is -3.82. The first-order valence-electron chi connectivity index (χ1n) is 5.36. The van der Waals surface area contributed by atoms with Gasteiger partial charge in [-0.05, 0) is 30.7 Å². The second kappa shape index (κ2) is 4.54. The number of alkyl halides is 2. The zero-order valence-corrected chi connectivity index (χ0v) is 12.1. The topological polar surface area (TPSA) is 37.4 Å². The van der Waals surface area contributed by atoms with E-state index in [1.807, 2.05) is 0 Å². The summed E-state index contributed by atoms with van der Waals surface area (Å²) < 4.78 is 52.3. The highest BCUT2D eigenvalue weighted by atomic mass is 79.9. The van der Waals surface area contributed by atoms with Gasteiger partial charge in [0.1, 0.15) is 0 Å². The molecule has 1 fully saturated rings. The molecule has 0 amide bonds. The molecule has 0 aromatic heterocycles. The molecule has 0 spiro atoms. The van der Waals surface area contributed by atoms with Gasteiger partial charge in [-0.25, -0.2) is 17.2 Å². The third-order valence-corrected chi connectivity index (χ3v) is 5.39. The van der Waals surface area contributed by atoms with Crippen molar-refractivity contribution in [3.8, 4) is 0 Å². The van der Waals surface area contributed by atoms with Crippen LogP contribution in [0.4, 0.5) is 8.78 Å². The number of benzene rings is 1. The molecule has 1 aromatic carbocycles. The lowest BCUT2D eigenvalue weighted by Gasteiger charge is -2.17. The summed E-state index contributed by atoms with van der Waals surface area (Å²) >= 11 is 3.24. The van der Waals surface area contributed by atoms with Crippen molar-refractivity contribution in [3.05, 3.63) is 28.2 Å². The molecule has 1 saturated heterocycles. The molecular weight excluding hydrogens is 328 g/mol. The van der Waals surface area contributed by atoms with Crippen LogP contribution in [0.15, 0.2) is 27.6 Å². The Morgan fingerprint density at radius 1 is 1.39 bits per heavy atom. The number of aryl methyl sites for hydroxylation is 1. The maximum Gasteiger partial charge on any atom is 0.262 e. The lowest BCUT2D eigenvalue weighted by atomic mass is 10.2. The molecule has 0 radical (unpaired) electrons. The molecule has 0 aliphatic carbocycles. The molecule has 0 bridgehead atoms. The summed E-state index contributed by atoms with van der Waals surface area (Å²) in [5.41, 5.74) is 0.541. The van der Waals surface area contributed by atoms with E-state index in [1.165, 1.54) is 6.07 Å². The van der Waals surface area contributed by atoms with Gasteiger partial charge in [0.05, 0.1) is 11.4 Å². The molecule has 0 atom stereocenters. The molecular formula is C11H12BrF2NO2S. The fraction of sp³-hybridized carbons (Fsp3) is 0.455. The Balaban J connectivity index is 2.38. The molecule has 1 aliphatic rings. The summed E-state index contributed by atoms with van der Waals surface area (Å²) in [5.74, 6) is -2.92. The summed E-state index contributed by atoms with van der Waals surface area (Å²) in [6.07, 6.45) is -0.415. The highest BCUT2D eigenvalue weighted by Gasteiger charge is 2.43. The molecule has 2 rings (SSSR count). The van der Waals surface area contributed by atoms with Crippen LogP contribution in [0.5, 0.6) is 0 Å². The number of nitrogens with zero attached hydrogens (tertiary/aromatic N) is 1. The smallest absolute Gasteiger partial charge is 0.207 e. The highest BCUT2D eigenvalue weighted by molar-refractivity contribution is 9.10. The predicted octanol–water partition coefficient (Wildman–Crippen LogP) is 2.79. The van der Waals surface area contributed by atoms with E-state index in [0.29, 0.717) is 5.56 Å². The van der Waals surface area contributed by atoms with Gasteiger partial charge in [-0.3, -0.25) is 0 Å². The second-order valence-electron chi connectivity index (χ2n) is 4.35. The van der Waals surface area contributed by atoms with Crippen LogP contribution in [0.2, 0.25) is 0 Å². The molecule has 100 valence electrons. The molecule has 1 aliphatic heterocycles. The largest absolute Gasteiger partial charge is 0.262 e. The molecule has 1 aromatic rings. The van der Waals surface area contributed by atoms with Gasteiger partial charge in [0, 0.05) is 17.4 Å². The van der Waals surface area contributed by atoms with Crippen molar-refractivity contribution in [1.82, 2.24) is 4.31 Å². The lowest BCUT2D eigenvalue weighted by Crippen LogP contribution is -2.31. The Labute approximate surface area is 113 Å². The molecule has 0 unspecified atom stereocenters. The van der Waals surface area contributed by atoms with Crippen LogP contribution in [-0.2, 0) is 10.0 Å². The second-order valence-corrected chi connectivity index (χ2v) is 7.18. The van der Waals surface area contributed by atoms with E-state index in [9.17, 15) is 17.2 Å². The van der Waals surface area contributed by atoms with Gasteiger partial charge < -0.3 is 0 Å². The molecule has 18 heavy (non-hydrogen) atoms. The number of hydrogen-bond donors (Lipinski definition) is 0. The molecule has 7 heteroatoms. The Bertz CT molecular complexity index is 574. The normalized spacial score (nSPS) is 20.2. The number of halogens is 3. The lowest BCUT2D eigenvalue weighted by molar-refractivity contribution is 0.0183. The maximum atomic E-state index is 13.1. The maximum absolute atomic E-state index is 13.1. The summed E-state index contributed by atoms with van der Waals surface area (Å²) in [6.45, 7) is 0.779. The average molecular weight is 340 g/mol. The van der Waals surface area contributed by atoms with Crippen LogP contribution in [0.1, 0.15) is 12.0 Å². The van der Waals surface area contributed by atoms with Crippen molar-refractivity contribution >= 4 is 26.0 Å². The Hall–Kier alpha value is -0.530. The first-order valence-corrected chi connectivity index (χ1v) is 7.60. The molecule has 0 saturated carbocycles. The summed E-state index contributed by atoms with van der Waals surface area (Å²) in [4.78, 5) is 0.0865. The van der Waals surface area contributed by atoms with Crippen LogP contribution in [0.3, 0.4) is 0 Å². The van der Waals surface area contributed by atoms with E-state index in [-0.39, 0.29) is 11.4 Å². The Morgan fingerprint density at radius 3 is 2.56 bits per heavy atom. The van der Waals surface area contributed by atoms with Crippen molar-refractivity contribution in [2.45, 2.75) is 24.2 Å². The van der Waals surface area contributed by atoms with E-state index >= 15 is 0 Å². The third kappa shape index (κ3) is 2.57. The quantitative estimate of drug-likeness (QED) is 0.830. The van der Waals surface area contributed by atoms with Crippen molar-refractivity contribution < 1.29 is 17.2 Å². The Kier molecular flexibility index (Phi) is 3.50. The van der Waals surface area contributed by atoms with Crippen LogP contribution < -0.4 is 0 Å². The number of sulfonamides is 1. The molecule has 0 N–H and O–H groups in total. The highest BCUT2D eigenvalue weighted by Crippen LogP contribution is 2.32. The van der Waals surface area contributed by atoms with Crippen LogP contribution in [0, 0.1) is 6.92 Å². The zero-order valence-electron chi connectivity index (χ0n) is 9.66. The Morgan fingerprint density at radius 2 is 2.06 bits per heavy atom. The van der Waals surface area contributed by atoms with E-state index in [2.05, 4.69) is 15.9 Å². The first kappa shape index (κ1) is 13.9. The molecule has 1 heterocycles. The van der Waals surface area contributed by atoms with E-state index in [4.69, 9.17) is 0 Å². The first-order chi connectivity index (χ1) is 8.22. The minimum Gasteiger partial charge on any atom is -0.207 e. The zero-order chi connectivity index (χ0) is 13.6. The van der Waals surface area contributed by atoms with Gasteiger partial charge in [0.2, 0.25) is 10.0 Å². The van der Waals surface area contributed by atoms with Crippen molar-refractivity contribution in [2.75, 3.05) is 13.1 Å². The summed E-state index contributed by atoms with van der Waals surface area (Å²) in [7, 11) is -3.82. The van der Waals surface area contributed by atoms with Gasteiger partial charge in [-0.15, -0.1) is 0 Å². The van der Waals surface area contributed by atoms with Gasteiger partial charge in [-0.2, -0.15) is 4.31 Å². The van der Waals surface area contributed by atoms with E-state index in [1.54, 1.807) is 19.1 Å². The summed E-state index contributed by atoms with van der Waals surface area (Å²) in [5, 5.41) is 0. The number of rotatable bonds is 2. The monoisotopic (exact) mass is 339 g/mol. The summed E-state index contributed by atoms with van der Waals surface area (Å²) in [6, 6.07) is 4.68. The minimum absolute atomic E-state index is 0.0865. The average Bonchev–Trinajstić information content (AvgIpc) is 2.58. The third-order valence-electron chi connectivity index (χ3n) is 2.89. The van der Waals surface area contributed by atoms with Crippen molar-refractivity contribution in [1.29, 1.82) is 0 Å². The fourth-order valence-electron chi connectivity index (χ4n) is 1.95. The van der Waals surface area contributed by atoms with Crippen LogP contribution >= 0.6 is 15.9 Å². The number of hydrogen-bond acceptors (Lipinski definition) is 2. The predicted molar refractivity (Wildman–Crippen MR) is 67.2 cm³/mol. The van der Waals surface area contributed by atoms with Crippen LogP contribution in [0.25, 0.3) is 0 Å². The standard InChI is InChI=1S/C11H12BrF2NO2S/c1-8-6-9(12)2-3-10(8)18(16,17)15-5-4-11(13,14)7-15/h2-3,6H,4-5,7H2,1H3. The van der Waals surface area contributed by atoms with Gasteiger partial charge in [0.15, 0.2) is 0 Å². The van der Waals surface area contributed by atoms with Crippen molar-refractivity contribution in [3.63, 3.8) is 0 Å². The van der Waals surface area contributed by atoms with Gasteiger partial charge in [-0.1, -0.05) is 15.9 Å². The van der Waals surface area contributed by atoms with E-state index < -0.39 is 28.9 Å². The van der Waals surface area contributed by atoms with Gasteiger partial charge in [0.25, 0.3) is 5.92 Å².